The van der Waals surface area contributed by atoms with Crippen molar-refractivity contribution >= 4 is 6.03 Å². The van der Waals surface area contributed by atoms with Crippen molar-refractivity contribution in [2.75, 3.05) is 13.2 Å². The molecule has 1 aromatic heterocycles. The highest BCUT2D eigenvalue weighted by Crippen LogP contribution is 2.35. The molecule has 0 bridgehead atoms. The van der Waals surface area contributed by atoms with Crippen LogP contribution in [0.2, 0.25) is 0 Å². The second kappa shape index (κ2) is 7.45. The third kappa shape index (κ3) is 3.57. The van der Waals surface area contributed by atoms with Gasteiger partial charge in [-0.05, 0) is 43.0 Å². The Hall–Kier alpha value is -2.40. The molecule has 0 spiro atoms. The Labute approximate surface area is 142 Å². The number of aliphatic hydroxyl groups is 1. The first-order chi connectivity index (χ1) is 11.7. The molecule has 0 radical (unpaired) electrons. The van der Waals surface area contributed by atoms with E-state index in [-0.39, 0.29) is 18.7 Å². The number of benzene rings is 1. The molecule has 24 heavy (non-hydrogen) atoms. The first-order valence-electron chi connectivity index (χ1n) is 8.34. The van der Waals surface area contributed by atoms with Gasteiger partial charge >= 0.3 is 6.03 Å². The summed E-state index contributed by atoms with van der Waals surface area (Å²) in [6.07, 6.45) is 1.87. The molecule has 126 valence electrons. The van der Waals surface area contributed by atoms with E-state index in [0.717, 1.165) is 24.2 Å². The van der Waals surface area contributed by atoms with E-state index in [2.05, 4.69) is 22.4 Å². The lowest BCUT2D eigenvalue weighted by atomic mass is 10.1. The highest BCUT2D eigenvalue weighted by Gasteiger charge is 2.30. The molecule has 1 unspecified atom stereocenters. The zero-order chi connectivity index (χ0) is 16.9. The number of aryl methyl sites for hydroxylation is 2. The maximum Gasteiger partial charge on any atom is 0.318 e. The number of nitrogens with zero attached hydrogens (tertiary/aromatic N) is 2. The standard InChI is InChI=1S/C19H23N3O2/c1-14-5-4-7-16(21-14)13-20-19(24)22(11-12-23)18-10-9-15-6-2-3-8-17(15)18/h2-8,18,23H,9-13H2,1H3,(H,20,24). The Morgan fingerprint density at radius 1 is 1.29 bits per heavy atom. The van der Waals surface area contributed by atoms with Crippen LogP contribution in [0.3, 0.4) is 0 Å². The number of fused-ring (bicyclic) bond motifs is 1. The minimum Gasteiger partial charge on any atom is -0.395 e. The maximum absolute atomic E-state index is 12.7. The lowest BCUT2D eigenvalue weighted by Gasteiger charge is -2.29. The van der Waals surface area contributed by atoms with E-state index >= 15 is 0 Å². The van der Waals surface area contributed by atoms with Gasteiger partial charge in [0.05, 0.1) is 24.9 Å². The van der Waals surface area contributed by atoms with Crippen molar-refractivity contribution in [3.63, 3.8) is 0 Å². The van der Waals surface area contributed by atoms with E-state index in [1.165, 1.54) is 11.1 Å². The third-order valence-electron chi connectivity index (χ3n) is 4.45. The summed E-state index contributed by atoms with van der Waals surface area (Å²) >= 11 is 0. The molecular formula is C19H23N3O2. The second-order valence-corrected chi connectivity index (χ2v) is 6.10. The van der Waals surface area contributed by atoms with Crippen molar-refractivity contribution in [1.29, 1.82) is 0 Å². The van der Waals surface area contributed by atoms with Crippen LogP contribution >= 0.6 is 0 Å². The van der Waals surface area contributed by atoms with E-state index in [0.29, 0.717) is 13.1 Å². The number of aliphatic hydroxyl groups excluding tert-OH is 1. The predicted molar refractivity (Wildman–Crippen MR) is 92.5 cm³/mol. The summed E-state index contributed by atoms with van der Waals surface area (Å²) in [5, 5.41) is 12.3. The molecular weight excluding hydrogens is 302 g/mol. The van der Waals surface area contributed by atoms with Gasteiger partial charge in [0, 0.05) is 12.2 Å². The molecule has 1 aliphatic carbocycles. The van der Waals surface area contributed by atoms with Gasteiger partial charge in [-0.15, -0.1) is 0 Å². The number of hydrogen-bond acceptors (Lipinski definition) is 3. The fourth-order valence-electron chi connectivity index (χ4n) is 3.33. The maximum atomic E-state index is 12.7. The Kier molecular flexibility index (Phi) is 5.11. The quantitative estimate of drug-likeness (QED) is 0.888. The van der Waals surface area contributed by atoms with E-state index in [4.69, 9.17) is 0 Å². The summed E-state index contributed by atoms with van der Waals surface area (Å²) in [5.41, 5.74) is 4.24. The van der Waals surface area contributed by atoms with Crippen LogP contribution in [-0.4, -0.2) is 34.2 Å². The molecule has 2 N–H and O–H groups in total. The van der Waals surface area contributed by atoms with Gasteiger partial charge in [-0.2, -0.15) is 0 Å². The molecule has 0 aliphatic heterocycles. The molecule has 1 atom stereocenters. The van der Waals surface area contributed by atoms with Gasteiger partial charge in [-0.25, -0.2) is 4.79 Å². The van der Waals surface area contributed by atoms with Gasteiger partial charge in [0.1, 0.15) is 0 Å². The third-order valence-corrected chi connectivity index (χ3v) is 4.45. The van der Waals surface area contributed by atoms with Gasteiger partial charge in [-0.1, -0.05) is 30.3 Å². The predicted octanol–water partition coefficient (Wildman–Crippen LogP) is 2.58. The number of urea groups is 1. The molecule has 5 nitrogen and oxygen atoms in total. The van der Waals surface area contributed by atoms with Crippen LogP contribution in [0.5, 0.6) is 0 Å². The molecule has 5 heteroatoms. The van der Waals surface area contributed by atoms with Crippen molar-refractivity contribution in [3.8, 4) is 0 Å². The molecule has 0 saturated carbocycles. The van der Waals surface area contributed by atoms with Crippen molar-refractivity contribution in [2.24, 2.45) is 0 Å². The van der Waals surface area contributed by atoms with Crippen LogP contribution in [-0.2, 0) is 13.0 Å². The van der Waals surface area contributed by atoms with Gasteiger partial charge in [0.25, 0.3) is 0 Å². The summed E-state index contributed by atoms with van der Waals surface area (Å²) in [7, 11) is 0. The number of carbonyl (C=O) groups is 1. The average molecular weight is 325 g/mol. The summed E-state index contributed by atoms with van der Waals surface area (Å²) in [6, 6.07) is 13.8. The lowest BCUT2D eigenvalue weighted by molar-refractivity contribution is 0.151. The van der Waals surface area contributed by atoms with E-state index < -0.39 is 0 Å². The Morgan fingerprint density at radius 3 is 2.92 bits per heavy atom. The van der Waals surface area contributed by atoms with E-state index in [1.807, 2.05) is 37.3 Å². The number of hydrogen-bond donors (Lipinski definition) is 2. The largest absolute Gasteiger partial charge is 0.395 e. The number of amides is 2. The number of rotatable bonds is 5. The molecule has 3 rings (SSSR count). The molecule has 1 aromatic carbocycles. The van der Waals surface area contributed by atoms with Crippen LogP contribution in [0.15, 0.2) is 42.5 Å². The van der Waals surface area contributed by atoms with Crippen molar-refractivity contribution in [1.82, 2.24) is 15.2 Å². The Morgan fingerprint density at radius 2 is 2.12 bits per heavy atom. The molecule has 2 amide bonds. The average Bonchev–Trinajstić information content (AvgIpc) is 3.01. The smallest absolute Gasteiger partial charge is 0.318 e. The van der Waals surface area contributed by atoms with Crippen LogP contribution in [0.4, 0.5) is 4.79 Å². The normalized spacial score (nSPS) is 15.8. The summed E-state index contributed by atoms with van der Waals surface area (Å²) < 4.78 is 0. The SMILES string of the molecule is Cc1cccc(CNC(=O)N(CCO)C2CCc3ccccc32)n1. The Balaban J connectivity index is 1.70. The molecule has 0 fully saturated rings. The number of nitrogens with one attached hydrogen (secondary N) is 1. The molecule has 1 aliphatic rings. The van der Waals surface area contributed by atoms with Crippen LogP contribution < -0.4 is 5.32 Å². The van der Waals surface area contributed by atoms with Gasteiger partial charge in [0.2, 0.25) is 0 Å². The second-order valence-electron chi connectivity index (χ2n) is 6.10. The highest BCUT2D eigenvalue weighted by atomic mass is 16.3. The topological polar surface area (TPSA) is 65.5 Å². The van der Waals surface area contributed by atoms with Gasteiger partial charge in [0.15, 0.2) is 0 Å². The Bertz CT molecular complexity index is 717. The van der Waals surface area contributed by atoms with E-state index in [9.17, 15) is 9.90 Å². The zero-order valence-corrected chi connectivity index (χ0v) is 13.9. The minimum absolute atomic E-state index is 0.0267. The van der Waals surface area contributed by atoms with E-state index in [1.54, 1.807) is 4.90 Å². The lowest BCUT2D eigenvalue weighted by Crippen LogP contribution is -2.43. The molecule has 2 aromatic rings. The number of pyridine rings is 1. The summed E-state index contributed by atoms with van der Waals surface area (Å²) in [6.45, 7) is 2.59. The first kappa shape index (κ1) is 16.5. The van der Waals surface area contributed by atoms with Gasteiger partial charge in [-0.3, -0.25) is 4.98 Å². The number of aromatic nitrogens is 1. The minimum atomic E-state index is -0.158. The fourth-order valence-corrected chi connectivity index (χ4v) is 3.33. The summed E-state index contributed by atoms with van der Waals surface area (Å²) in [4.78, 5) is 18.8. The van der Waals surface area contributed by atoms with Crippen LogP contribution in [0.1, 0.15) is 35.0 Å². The van der Waals surface area contributed by atoms with Crippen LogP contribution in [0.25, 0.3) is 0 Å². The number of carbonyl (C=O) groups excluding carboxylic acids is 1. The zero-order valence-electron chi connectivity index (χ0n) is 13.9. The van der Waals surface area contributed by atoms with Crippen LogP contribution in [0, 0.1) is 6.92 Å². The van der Waals surface area contributed by atoms with Crippen molar-refractivity contribution in [2.45, 2.75) is 32.4 Å². The monoisotopic (exact) mass is 325 g/mol. The van der Waals surface area contributed by atoms with Gasteiger partial charge < -0.3 is 15.3 Å². The molecule has 0 saturated heterocycles. The fraction of sp³-hybridized carbons (Fsp3) is 0.368. The van der Waals surface area contributed by atoms with Crippen molar-refractivity contribution in [3.05, 3.63) is 65.0 Å². The highest BCUT2D eigenvalue weighted by molar-refractivity contribution is 5.75. The first-order valence-corrected chi connectivity index (χ1v) is 8.34. The summed E-state index contributed by atoms with van der Waals surface area (Å²) in [5.74, 6) is 0. The van der Waals surface area contributed by atoms with Crippen molar-refractivity contribution < 1.29 is 9.90 Å². The molecule has 1 heterocycles.